The molecule has 1 unspecified atom stereocenters. The molecule has 1 atom stereocenters. The van der Waals surface area contributed by atoms with Crippen molar-refractivity contribution in [2.45, 2.75) is 18.6 Å². The first-order valence-corrected chi connectivity index (χ1v) is 11.4. The lowest BCUT2D eigenvalue weighted by atomic mass is 9.89. The zero-order chi connectivity index (χ0) is 22.9. The van der Waals surface area contributed by atoms with E-state index >= 15 is 0 Å². The summed E-state index contributed by atoms with van der Waals surface area (Å²) >= 11 is 15.7. The number of aliphatic hydroxyl groups is 1. The Balaban J connectivity index is 1.65. The maximum absolute atomic E-state index is 13.4. The van der Waals surface area contributed by atoms with Crippen LogP contribution in [0.4, 0.5) is 5.69 Å². The molecule has 3 aromatic carbocycles. The first-order chi connectivity index (χ1) is 15.3. The third kappa shape index (κ3) is 4.52. The molecule has 0 fully saturated rings. The van der Waals surface area contributed by atoms with Crippen LogP contribution in [0.2, 0.25) is 10.0 Å². The normalized spacial score (nSPS) is 17.8. The maximum Gasteiger partial charge on any atom is 0.264 e. The number of carbonyl (C=O) groups excluding carboxylic acids is 2. The zero-order valence-corrected chi connectivity index (χ0v) is 19.9. The lowest BCUT2D eigenvalue weighted by molar-refractivity contribution is -0.140. The molecular formula is C25H18BrCl2NO3. The van der Waals surface area contributed by atoms with E-state index in [1.807, 2.05) is 30.3 Å². The van der Waals surface area contributed by atoms with Crippen LogP contribution in [0.3, 0.4) is 0 Å². The Hall–Kier alpha value is -2.44. The molecular weight excluding hydrogens is 513 g/mol. The van der Waals surface area contributed by atoms with Crippen molar-refractivity contribution in [1.29, 1.82) is 0 Å². The smallest absolute Gasteiger partial charge is 0.264 e. The molecule has 1 heterocycles. The summed E-state index contributed by atoms with van der Waals surface area (Å²) in [6.07, 6.45) is 2.68. The Kier molecular flexibility index (Phi) is 6.54. The van der Waals surface area contributed by atoms with Gasteiger partial charge >= 0.3 is 0 Å². The van der Waals surface area contributed by atoms with Crippen molar-refractivity contribution in [1.82, 2.24) is 0 Å². The van der Waals surface area contributed by atoms with Crippen molar-refractivity contribution in [3.8, 4) is 0 Å². The summed E-state index contributed by atoms with van der Waals surface area (Å²) < 4.78 is 0.695. The summed E-state index contributed by atoms with van der Waals surface area (Å²) in [4.78, 5) is 27.6. The van der Waals surface area contributed by atoms with Gasteiger partial charge in [-0.3, -0.25) is 9.59 Å². The first kappa shape index (κ1) is 22.7. The minimum absolute atomic E-state index is 0.139. The van der Waals surface area contributed by atoms with Gasteiger partial charge in [0.25, 0.3) is 5.91 Å². The number of hydrogen-bond donors (Lipinski definition) is 1. The SMILES string of the molecule is O=C(/C=C/c1ccccc1)CC1(O)C(=O)N(Cc2ccc(Cl)cc2Cl)c2ccc(Br)cc21. The van der Waals surface area contributed by atoms with Crippen LogP contribution in [-0.2, 0) is 21.7 Å². The van der Waals surface area contributed by atoms with Gasteiger partial charge in [-0.15, -0.1) is 0 Å². The summed E-state index contributed by atoms with van der Waals surface area (Å²) in [5, 5.41) is 12.4. The van der Waals surface area contributed by atoms with E-state index in [0.29, 0.717) is 31.3 Å². The predicted octanol–water partition coefficient (Wildman–Crippen LogP) is 6.16. The van der Waals surface area contributed by atoms with Crippen molar-refractivity contribution < 1.29 is 14.7 Å². The summed E-state index contributed by atoms with van der Waals surface area (Å²) in [6.45, 7) is 0.139. The lowest BCUT2D eigenvalue weighted by Gasteiger charge is -2.22. The Labute approximate surface area is 204 Å². The van der Waals surface area contributed by atoms with Crippen LogP contribution in [-0.4, -0.2) is 16.8 Å². The van der Waals surface area contributed by atoms with Crippen molar-refractivity contribution in [3.05, 3.63) is 104 Å². The number of hydrogen-bond acceptors (Lipinski definition) is 3. The molecule has 4 nitrogen and oxygen atoms in total. The molecule has 3 aromatic rings. The number of fused-ring (bicyclic) bond motifs is 1. The molecule has 0 saturated heterocycles. The number of benzene rings is 3. The second kappa shape index (κ2) is 9.20. The van der Waals surface area contributed by atoms with Gasteiger partial charge in [0.15, 0.2) is 11.4 Å². The van der Waals surface area contributed by atoms with Gasteiger partial charge in [0.1, 0.15) is 0 Å². The molecule has 0 spiro atoms. The Morgan fingerprint density at radius 3 is 2.53 bits per heavy atom. The largest absolute Gasteiger partial charge is 0.375 e. The van der Waals surface area contributed by atoms with Crippen LogP contribution in [0.25, 0.3) is 6.08 Å². The van der Waals surface area contributed by atoms with Crippen LogP contribution in [0, 0.1) is 0 Å². The summed E-state index contributed by atoms with van der Waals surface area (Å²) in [5.74, 6) is -0.930. The highest BCUT2D eigenvalue weighted by Crippen LogP contribution is 2.45. The molecule has 0 aliphatic carbocycles. The summed E-state index contributed by atoms with van der Waals surface area (Å²) in [5.41, 5.74) is 0.469. The summed E-state index contributed by atoms with van der Waals surface area (Å²) in [6, 6.07) is 19.6. The average molecular weight is 531 g/mol. The van der Waals surface area contributed by atoms with Crippen LogP contribution in [0.15, 0.2) is 77.3 Å². The van der Waals surface area contributed by atoms with Crippen molar-refractivity contribution >= 4 is 62.6 Å². The van der Waals surface area contributed by atoms with E-state index in [1.54, 1.807) is 42.5 Å². The van der Waals surface area contributed by atoms with Crippen molar-refractivity contribution in [3.63, 3.8) is 0 Å². The number of anilines is 1. The highest BCUT2D eigenvalue weighted by atomic mass is 79.9. The van der Waals surface area contributed by atoms with Crippen LogP contribution >= 0.6 is 39.1 Å². The number of nitrogens with zero attached hydrogens (tertiary/aromatic N) is 1. The van der Waals surface area contributed by atoms with Gasteiger partial charge in [-0.2, -0.15) is 0 Å². The number of halogens is 3. The number of amides is 1. The number of allylic oxidation sites excluding steroid dienone is 1. The fourth-order valence-corrected chi connectivity index (χ4v) is 4.56. The fourth-order valence-electron chi connectivity index (χ4n) is 3.74. The van der Waals surface area contributed by atoms with E-state index in [0.717, 1.165) is 5.56 Å². The molecule has 1 amide bonds. The van der Waals surface area contributed by atoms with Gasteiger partial charge in [-0.05, 0) is 47.5 Å². The number of ketones is 1. The van der Waals surface area contributed by atoms with Gasteiger partial charge in [0.05, 0.1) is 18.7 Å². The van der Waals surface area contributed by atoms with Gasteiger partial charge < -0.3 is 10.0 Å². The van der Waals surface area contributed by atoms with Gasteiger partial charge in [0, 0.05) is 20.1 Å². The molecule has 4 rings (SSSR count). The standard InChI is InChI=1S/C25H18BrCl2NO3/c26-18-8-11-23-21(12-18)25(32,14-20(30)10-6-16-4-2-1-3-5-16)24(31)29(23)15-17-7-9-19(27)13-22(17)28/h1-13,32H,14-15H2/b10-6+. The molecule has 0 radical (unpaired) electrons. The molecule has 1 N–H and O–H groups in total. The average Bonchev–Trinajstić information content (AvgIpc) is 2.96. The highest BCUT2D eigenvalue weighted by Gasteiger charge is 2.50. The molecule has 1 aliphatic rings. The topological polar surface area (TPSA) is 57.6 Å². The zero-order valence-electron chi connectivity index (χ0n) is 16.8. The second-order valence-corrected chi connectivity index (χ2v) is 9.30. The minimum Gasteiger partial charge on any atom is -0.375 e. The van der Waals surface area contributed by atoms with Crippen LogP contribution in [0.5, 0.6) is 0 Å². The van der Waals surface area contributed by atoms with E-state index in [9.17, 15) is 14.7 Å². The van der Waals surface area contributed by atoms with Crippen LogP contribution < -0.4 is 4.90 Å². The van der Waals surface area contributed by atoms with Crippen molar-refractivity contribution in [2.24, 2.45) is 0 Å². The monoisotopic (exact) mass is 529 g/mol. The maximum atomic E-state index is 13.4. The molecule has 1 aliphatic heterocycles. The Morgan fingerprint density at radius 2 is 1.81 bits per heavy atom. The van der Waals surface area contributed by atoms with Gasteiger partial charge in [0.2, 0.25) is 0 Å². The molecule has 0 bridgehead atoms. The number of carbonyl (C=O) groups is 2. The quantitative estimate of drug-likeness (QED) is 0.388. The van der Waals surface area contributed by atoms with E-state index in [1.165, 1.54) is 11.0 Å². The van der Waals surface area contributed by atoms with E-state index < -0.39 is 11.5 Å². The van der Waals surface area contributed by atoms with E-state index in [4.69, 9.17) is 23.2 Å². The third-order valence-electron chi connectivity index (χ3n) is 5.33. The molecule has 0 saturated carbocycles. The molecule has 162 valence electrons. The molecule has 32 heavy (non-hydrogen) atoms. The number of rotatable bonds is 6. The second-order valence-electron chi connectivity index (χ2n) is 7.54. The highest BCUT2D eigenvalue weighted by molar-refractivity contribution is 9.10. The first-order valence-electron chi connectivity index (χ1n) is 9.82. The molecule has 0 aromatic heterocycles. The fraction of sp³-hybridized carbons (Fsp3) is 0.120. The van der Waals surface area contributed by atoms with Crippen molar-refractivity contribution in [2.75, 3.05) is 4.90 Å². The molecule has 7 heteroatoms. The van der Waals surface area contributed by atoms with Gasteiger partial charge in [-0.25, -0.2) is 0 Å². The Morgan fingerprint density at radius 1 is 1.06 bits per heavy atom. The van der Waals surface area contributed by atoms with Gasteiger partial charge in [-0.1, -0.05) is 81.6 Å². The lowest BCUT2D eigenvalue weighted by Crippen LogP contribution is -2.41. The van der Waals surface area contributed by atoms with E-state index in [2.05, 4.69) is 15.9 Å². The van der Waals surface area contributed by atoms with Crippen LogP contribution in [0.1, 0.15) is 23.1 Å². The summed E-state index contributed by atoms with van der Waals surface area (Å²) in [7, 11) is 0. The van der Waals surface area contributed by atoms with E-state index in [-0.39, 0.29) is 18.7 Å². The Bertz CT molecular complexity index is 1230. The predicted molar refractivity (Wildman–Crippen MR) is 131 cm³/mol. The third-order valence-corrected chi connectivity index (χ3v) is 6.41. The minimum atomic E-state index is -1.98.